The monoisotopic (exact) mass is 359 g/mol. The van der Waals surface area contributed by atoms with Gasteiger partial charge >= 0.3 is 0 Å². The predicted molar refractivity (Wildman–Crippen MR) is 76.2 cm³/mol. The van der Waals surface area contributed by atoms with Gasteiger partial charge in [0.2, 0.25) is 0 Å². The number of hydrogen-bond donors (Lipinski definition) is 3. The number of halogens is 2. The molecule has 0 radical (unpaired) electrons. The van der Waals surface area contributed by atoms with E-state index < -0.39 is 0 Å². The van der Waals surface area contributed by atoms with Crippen LogP contribution in [0.1, 0.15) is 5.56 Å². The minimum absolute atomic E-state index is 0.0209. The molecular formula is C13H11FINO2. The summed E-state index contributed by atoms with van der Waals surface area (Å²) in [6.45, 7) is 0.397. The third kappa shape index (κ3) is 3.04. The van der Waals surface area contributed by atoms with Gasteiger partial charge in [0.15, 0.2) is 0 Å². The lowest BCUT2D eigenvalue weighted by atomic mass is 10.2. The summed E-state index contributed by atoms with van der Waals surface area (Å²) in [6.07, 6.45) is 0. The van der Waals surface area contributed by atoms with Gasteiger partial charge in [-0.15, -0.1) is 0 Å². The molecule has 0 aliphatic rings. The van der Waals surface area contributed by atoms with Crippen molar-refractivity contribution in [2.45, 2.75) is 6.54 Å². The highest BCUT2D eigenvalue weighted by Gasteiger charge is 2.04. The number of rotatable bonds is 3. The summed E-state index contributed by atoms with van der Waals surface area (Å²) in [5.41, 5.74) is 1.46. The van der Waals surface area contributed by atoms with E-state index in [0.717, 1.165) is 9.26 Å². The Bertz CT molecular complexity index is 523. The van der Waals surface area contributed by atoms with Gasteiger partial charge in [-0.25, -0.2) is 4.39 Å². The lowest BCUT2D eigenvalue weighted by Gasteiger charge is -2.10. The van der Waals surface area contributed by atoms with Crippen molar-refractivity contribution < 1.29 is 14.6 Å². The molecule has 0 unspecified atom stereocenters. The lowest BCUT2D eigenvalue weighted by Crippen LogP contribution is -2.01. The highest BCUT2D eigenvalue weighted by molar-refractivity contribution is 14.1. The van der Waals surface area contributed by atoms with Crippen LogP contribution >= 0.6 is 22.6 Å². The largest absolute Gasteiger partial charge is 0.508 e. The van der Waals surface area contributed by atoms with Crippen molar-refractivity contribution in [2.24, 2.45) is 0 Å². The van der Waals surface area contributed by atoms with Crippen LogP contribution in [0.2, 0.25) is 0 Å². The molecule has 0 aliphatic carbocycles. The van der Waals surface area contributed by atoms with E-state index in [1.165, 1.54) is 24.3 Å². The third-order valence-corrected chi connectivity index (χ3v) is 3.36. The van der Waals surface area contributed by atoms with E-state index >= 15 is 0 Å². The average molecular weight is 359 g/mol. The molecule has 94 valence electrons. The van der Waals surface area contributed by atoms with Gasteiger partial charge in [0.05, 0.1) is 0 Å². The van der Waals surface area contributed by atoms with E-state index in [2.05, 4.69) is 5.32 Å². The van der Waals surface area contributed by atoms with Gasteiger partial charge in [-0.3, -0.25) is 0 Å². The molecule has 0 atom stereocenters. The molecule has 0 aromatic heterocycles. The zero-order valence-corrected chi connectivity index (χ0v) is 11.5. The summed E-state index contributed by atoms with van der Waals surface area (Å²) in [5.74, 6) is -0.232. The van der Waals surface area contributed by atoms with Crippen molar-refractivity contribution in [2.75, 3.05) is 5.32 Å². The molecule has 2 aromatic rings. The number of phenolic OH excluding ortho intramolecular Hbond substituents is 2. The molecule has 0 spiro atoms. The number of phenols is 2. The summed E-state index contributed by atoms with van der Waals surface area (Å²) in [6, 6.07) is 8.88. The van der Waals surface area contributed by atoms with Crippen molar-refractivity contribution in [1.29, 1.82) is 0 Å². The summed E-state index contributed by atoms with van der Waals surface area (Å²) in [5, 5.41) is 21.9. The van der Waals surface area contributed by atoms with Crippen LogP contribution in [0.15, 0.2) is 36.4 Å². The highest BCUT2D eigenvalue weighted by atomic mass is 127. The van der Waals surface area contributed by atoms with Crippen LogP contribution in [0.3, 0.4) is 0 Å². The SMILES string of the molecule is Oc1ccc(CNc2ccc(F)cc2I)c(O)c1. The Hall–Kier alpha value is -1.50. The minimum atomic E-state index is -0.280. The molecule has 0 heterocycles. The fourth-order valence-corrected chi connectivity index (χ4v) is 2.19. The summed E-state index contributed by atoms with van der Waals surface area (Å²) in [7, 11) is 0. The second-order valence-corrected chi connectivity index (χ2v) is 4.95. The molecule has 18 heavy (non-hydrogen) atoms. The van der Waals surface area contributed by atoms with Crippen LogP contribution < -0.4 is 5.32 Å². The van der Waals surface area contributed by atoms with E-state index in [-0.39, 0.29) is 17.3 Å². The van der Waals surface area contributed by atoms with Crippen molar-refractivity contribution in [1.82, 2.24) is 0 Å². The average Bonchev–Trinajstić information content (AvgIpc) is 2.30. The Balaban J connectivity index is 2.11. The van der Waals surface area contributed by atoms with Crippen molar-refractivity contribution >= 4 is 28.3 Å². The molecule has 2 aromatic carbocycles. The first kappa shape index (κ1) is 12.9. The van der Waals surface area contributed by atoms with Crippen LogP contribution in [0.25, 0.3) is 0 Å². The van der Waals surface area contributed by atoms with Gasteiger partial charge in [-0.05, 0) is 52.9 Å². The zero-order valence-electron chi connectivity index (χ0n) is 9.32. The van der Waals surface area contributed by atoms with Gasteiger partial charge in [0.1, 0.15) is 17.3 Å². The maximum Gasteiger partial charge on any atom is 0.124 e. The van der Waals surface area contributed by atoms with Crippen LogP contribution in [0, 0.1) is 9.39 Å². The molecule has 0 bridgehead atoms. The van der Waals surface area contributed by atoms with Gasteiger partial charge < -0.3 is 15.5 Å². The van der Waals surface area contributed by atoms with Crippen LogP contribution in [-0.2, 0) is 6.54 Å². The number of anilines is 1. The molecule has 0 saturated carbocycles. The molecular weight excluding hydrogens is 348 g/mol. The third-order valence-electron chi connectivity index (χ3n) is 2.47. The van der Waals surface area contributed by atoms with E-state index in [1.807, 2.05) is 22.6 Å². The van der Waals surface area contributed by atoms with Crippen LogP contribution in [0.5, 0.6) is 11.5 Å². The summed E-state index contributed by atoms with van der Waals surface area (Å²) >= 11 is 2.04. The van der Waals surface area contributed by atoms with Gasteiger partial charge in [-0.1, -0.05) is 0 Å². The minimum Gasteiger partial charge on any atom is -0.508 e. The normalized spacial score (nSPS) is 10.3. The van der Waals surface area contributed by atoms with Crippen molar-refractivity contribution in [3.8, 4) is 11.5 Å². The standard InChI is InChI=1S/C13H11FINO2/c14-9-2-4-12(11(15)5-9)16-7-8-1-3-10(17)6-13(8)18/h1-6,16-18H,7H2. The number of aromatic hydroxyl groups is 2. The smallest absolute Gasteiger partial charge is 0.124 e. The maximum absolute atomic E-state index is 12.9. The number of hydrogen-bond acceptors (Lipinski definition) is 3. The molecule has 3 nitrogen and oxygen atoms in total. The number of nitrogens with one attached hydrogen (secondary N) is 1. The van der Waals surface area contributed by atoms with E-state index in [0.29, 0.717) is 12.1 Å². The Morgan fingerprint density at radius 2 is 1.89 bits per heavy atom. The fraction of sp³-hybridized carbons (Fsp3) is 0.0769. The predicted octanol–water partition coefficient (Wildman–Crippen LogP) is 3.45. The zero-order chi connectivity index (χ0) is 13.1. The van der Waals surface area contributed by atoms with Crippen LogP contribution in [-0.4, -0.2) is 10.2 Å². The molecule has 0 amide bonds. The van der Waals surface area contributed by atoms with Gasteiger partial charge in [0.25, 0.3) is 0 Å². The van der Waals surface area contributed by atoms with E-state index in [1.54, 1.807) is 12.1 Å². The topological polar surface area (TPSA) is 52.5 Å². The first-order valence-electron chi connectivity index (χ1n) is 5.26. The van der Waals surface area contributed by atoms with Crippen LogP contribution in [0.4, 0.5) is 10.1 Å². The first-order valence-corrected chi connectivity index (χ1v) is 6.34. The Labute approximate surface area is 117 Å². The lowest BCUT2D eigenvalue weighted by molar-refractivity contribution is 0.446. The summed E-state index contributed by atoms with van der Waals surface area (Å²) in [4.78, 5) is 0. The Kier molecular flexibility index (Phi) is 3.90. The van der Waals surface area contributed by atoms with Gasteiger partial charge in [-0.2, -0.15) is 0 Å². The highest BCUT2D eigenvalue weighted by Crippen LogP contribution is 2.25. The van der Waals surface area contributed by atoms with Crippen molar-refractivity contribution in [3.63, 3.8) is 0 Å². The quantitative estimate of drug-likeness (QED) is 0.736. The Morgan fingerprint density at radius 3 is 2.56 bits per heavy atom. The fourth-order valence-electron chi connectivity index (χ4n) is 1.53. The molecule has 0 fully saturated rings. The van der Waals surface area contributed by atoms with E-state index in [9.17, 15) is 14.6 Å². The van der Waals surface area contributed by atoms with Crippen molar-refractivity contribution in [3.05, 3.63) is 51.3 Å². The molecule has 2 rings (SSSR count). The molecule has 3 N–H and O–H groups in total. The second-order valence-electron chi connectivity index (χ2n) is 3.79. The van der Waals surface area contributed by atoms with Gasteiger partial charge in [0, 0.05) is 27.4 Å². The Morgan fingerprint density at radius 1 is 1.11 bits per heavy atom. The second kappa shape index (κ2) is 5.43. The maximum atomic E-state index is 12.9. The molecule has 5 heteroatoms. The first-order chi connectivity index (χ1) is 8.56. The van der Waals surface area contributed by atoms with E-state index in [4.69, 9.17) is 0 Å². The molecule has 0 saturated heterocycles. The number of benzene rings is 2. The molecule has 0 aliphatic heterocycles. The summed E-state index contributed by atoms with van der Waals surface area (Å²) < 4.78 is 13.7.